The number of hydrogen-bond donors (Lipinski definition) is 3. The third-order valence-electron chi connectivity index (χ3n) is 5.61. The predicted octanol–water partition coefficient (Wildman–Crippen LogP) is 3.99. The number of aromatic amines is 1. The molecular formula is C23H28ClN3O2. The minimum absolute atomic E-state index is 0. The molecule has 0 spiro atoms. The van der Waals surface area contributed by atoms with Gasteiger partial charge in [-0.05, 0) is 48.7 Å². The first kappa shape index (κ1) is 21.2. The molecule has 1 aromatic heterocycles. The van der Waals surface area contributed by atoms with Crippen LogP contribution >= 0.6 is 12.4 Å². The molecule has 2 atom stereocenters. The Morgan fingerprint density at radius 2 is 2.00 bits per heavy atom. The molecule has 4 rings (SSSR count). The van der Waals surface area contributed by atoms with Gasteiger partial charge in [-0.1, -0.05) is 30.3 Å². The van der Waals surface area contributed by atoms with Gasteiger partial charge in [0.15, 0.2) is 0 Å². The zero-order valence-electron chi connectivity index (χ0n) is 16.6. The van der Waals surface area contributed by atoms with Gasteiger partial charge >= 0.3 is 0 Å². The maximum Gasteiger partial charge on any atom is 0.221 e. The van der Waals surface area contributed by atoms with Gasteiger partial charge < -0.3 is 20.4 Å². The summed E-state index contributed by atoms with van der Waals surface area (Å²) in [5.74, 6) is 1.01. The molecule has 0 bridgehead atoms. The van der Waals surface area contributed by atoms with Crippen molar-refractivity contribution in [3.05, 3.63) is 65.9 Å². The van der Waals surface area contributed by atoms with Gasteiger partial charge in [0.1, 0.15) is 5.75 Å². The summed E-state index contributed by atoms with van der Waals surface area (Å²) in [7, 11) is 1.67. The number of nitrogens with one attached hydrogen (secondary N) is 3. The first-order valence-corrected chi connectivity index (χ1v) is 9.94. The summed E-state index contributed by atoms with van der Waals surface area (Å²) < 4.78 is 5.30. The predicted molar refractivity (Wildman–Crippen MR) is 119 cm³/mol. The molecule has 6 heteroatoms. The Hall–Kier alpha value is -2.50. The van der Waals surface area contributed by atoms with Crippen LogP contribution < -0.4 is 15.4 Å². The van der Waals surface area contributed by atoms with Crippen molar-refractivity contribution in [3.63, 3.8) is 0 Å². The number of fused-ring (bicyclic) bond motifs is 1. The molecular weight excluding hydrogens is 386 g/mol. The van der Waals surface area contributed by atoms with E-state index < -0.39 is 0 Å². The Kier molecular flexibility index (Phi) is 7.18. The van der Waals surface area contributed by atoms with Crippen molar-refractivity contribution >= 4 is 29.2 Å². The summed E-state index contributed by atoms with van der Waals surface area (Å²) in [6, 6.07) is 16.7. The first-order valence-electron chi connectivity index (χ1n) is 9.94. The Bertz CT molecular complexity index is 933. The minimum Gasteiger partial charge on any atom is -0.497 e. The molecule has 29 heavy (non-hydrogen) atoms. The number of hydrogen-bond acceptors (Lipinski definition) is 3. The van der Waals surface area contributed by atoms with Crippen LogP contribution in [0.25, 0.3) is 10.9 Å². The number of halogens is 1. The number of amides is 1. The van der Waals surface area contributed by atoms with Gasteiger partial charge in [-0.25, -0.2) is 0 Å². The summed E-state index contributed by atoms with van der Waals surface area (Å²) in [5.41, 5.74) is 3.46. The fourth-order valence-electron chi connectivity index (χ4n) is 4.07. The van der Waals surface area contributed by atoms with Crippen LogP contribution in [-0.4, -0.2) is 37.1 Å². The van der Waals surface area contributed by atoms with E-state index in [2.05, 4.69) is 52.1 Å². The number of benzene rings is 2. The number of carbonyl (C=O) groups is 1. The molecule has 1 aliphatic rings. The van der Waals surface area contributed by atoms with Crippen molar-refractivity contribution in [1.82, 2.24) is 15.6 Å². The van der Waals surface area contributed by atoms with Gasteiger partial charge in [-0.3, -0.25) is 4.79 Å². The lowest BCUT2D eigenvalue weighted by Gasteiger charge is -2.19. The molecule has 1 aliphatic heterocycles. The highest BCUT2D eigenvalue weighted by Gasteiger charge is 2.21. The van der Waals surface area contributed by atoms with E-state index in [1.165, 1.54) is 10.9 Å². The summed E-state index contributed by atoms with van der Waals surface area (Å²) in [4.78, 5) is 15.8. The molecule has 3 N–H and O–H groups in total. The number of methoxy groups -OCH3 is 1. The number of H-pyrrole nitrogens is 1. The van der Waals surface area contributed by atoms with Gasteiger partial charge in [-0.15, -0.1) is 12.4 Å². The van der Waals surface area contributed by atoms with E-state index >= 15 is 0 Å². The number of para-hydroxylation sites is 1. The molecule has 2 aromatic carbocycles. The lowest BCUT2D eigenvalue weighted by atomic mass is 9.90. The largest absolute Gasteiger partial charge is 0.497 e. The van der Waals surface area contributed by atoms with Crippen LogP contribution in [0.15, 0.2) is 54.7 Å². The van der Waals surface area contributed by atoms with Crippen LogP contribution in [0, 0.1) is 0 Å². The van der Waals surface area contributed by atoms with E-state index in [4.69, 9.17) is 4.74 Å². The van der Waals surface area contributed by atoms with Crippen LogP contribution in [0.3, 0.4) is 0 Å². The van der Waals surface area contributed by atoms with Crippen LogP contribution in [0.2, 0.25) is 0 Å². The van der Waals surface area contributed by atoms with E-state index in [0.717, 1.165) is 36.2 Å². The van der Waals surface area contributed by atoms with Gasteiger partial charge in [0.2, 0.25) is 5.91 Å². The van der Waals surface area contributed by atoms with Crippen LogP contribution in [0.1, 0.15) is 36.3 Å². The zero-order chi connectivity index (χ0) is 19.3. The second-order valence-electron chi connectivity index (χ2n) is 7.42. The van der Waals surface area contributed by atoms with Crippen molar-refractivity contribution in [1.29, 1.82) is 0 Å². The highest BCUT2D eigenvalue weighted by molar-refractivity contribution is 5.85. The summed E-state index contributed by atoms with van der Waals surface area (Å²) in [6.07, 6.45) is 4.84. The molecule has 0 radical (unpaired) electrons. The van der Waals surface area contributed by atoms with E-state index in [9.17, 15) is 4.79 Å². The number of aromatic nitrogens is 1. The summed E-state index contributed by atoms with van der Waals surface area (Å²) >= 11 is 0. The highest BCUT2D eigenvalue weighted by atomic mass is 35.5. The van der Waals surface area contributed by atoms with Gasteiger partial charge in [0.05, 0.1) is 7.11 Å². The van der Waals surface area contributed by atoms with Crippen molar-refractivity contribution < 1.29 is 9.53 Å². The fraction of sp³-hybridized carbons (Fsp3) is 0.348. The third kappa shape index (κ3) is 4.92. The summed E-state index contributed by atoms with van der Waals surface area (Å²) in [5, 5.41) is 7.75. The van der Waals surface area contributed by atoms with E-state index in [1.807, 2.05) is 18.2 Å². The van der Waals surface area contributed by atoms with Crippen LogP contribution in [0.5, 0.6) is 5.75 Å². The lowest BCUT2D eigenvalue weighted by Crippen LogP contribution is -2.34. The highest BCUT2D eigenvalue weighted by Crippen LogP contribution is 2.31. The lowest BCUT2D eigenvalue weighted by molar-refractivity contribution is -0.121. The maximum atomic E-state index is 12.5. The Balaban J connectivity index is 0.00000240. The molecule has 2 heterocycles. The molecule has 3 aromatic rings. The fourth-order valence-corrected chi connectivity index (χ4v) is 4.07. The second-order valence-corrected chi connectivity index (χ2v) is 7.42. The zero-order valence-corrected chi connectivity index (χ0v) is 17.4. The Labute approximate surface area is 177 Å². The average molecular weight is 414 g/mol. The molecule has 0 aliphatic carbocycles. The standard InChI is InChI=1S/C23H27N3O2.ClH/c1-28-18-10-8-16(9-11-18)20(14-26-23(27)13-17-5-4-12-24-17)21-15-25-22-7-3-2-6-19(21)22;/h2-3,6-11,15,17,20,24-25H,4-5,12-14H2,1H3,(H,26,27);1H. The van der Waals surface area contributed by atoms with Gasteiger partial charge in [-0.2, -0.15) is 0 Å². The Morgan fingerprint density at radius 1 is 1.21 bits per heavy atom. The summed E-state index contributed by atoms with van der Waals surface area (Å²) in [6.45, 7) is 1.58. The molecule has 2 unspecified atom stereocenters. The van der Waals surface area contributed by atoms with Gasteiger partial charge in [0, 0.05) is 42.0 Å². The SMILES string of the molecule is COc1ccc(C(CNC(=O)CC2CCCN2)c2c[nH]c3ccccc23)cc1.Cl. The quantitative estimate of drug-likeness (QED) is 0.548. The second kappa shape index (κ2) is 9.81. The van der Waals surface area contributed by atoms with Crippen LogP contribution in [-0.2, 0) is 4.79 Å². The van der Waals surface area contributed by atoms with E-state index in [0.29, 0.717) is 19.0 Å². The maximum absolute atomic E-state index is 12.5. The van der Waals surface area contributed by atoms with Crippen molar-refractivity contribution in [3.8, 4) is 5.75 Å². The molecule has 5 nitrogen and oxygen atoms in total. The number of ether oxygens (including phenoxy) is 1. The first-order chi connectivity index (χ1) is 13.7. The third-order valence-corrected chi connectivity index (χ3v) is 5.61. The molecule has 1 amide bonds. The molecule has 1 saturated heterocycles. The van der Waals surface area contributed by atoms with Crippen molar-refractivity contribution in [2.45, 2.75) is 31.2 Å². The van der Waals surface area contributed by atoms with E-state index in [1.54, 1.807) is 7.11 Å². The minimum atomic E-state index is 0. The van der Waals surface area contributed by atoms with Crippen LogP contribution in [0.4, 0.5) is 0 Å². The smallest absolute Gasteiger partial charge is 0.221 e. The average Bonchev–Trinajstić information content (AvgIpc) is 3.39. The normalized spacial score (nSPS) is 16.9. The topological polar surface area (TPSA) is 66.2 Å². The Morgan fingerprint density at radius 3 is 2.72 bits per heavy atom. The molecule has 154 valence electrons. The number of carbonyl (C=O) groups excluding carboxylic acids is 1. The van der Waals surface area contributed by atoms with Crippen molar-refractivity contribution in [2.75, 3.05) is 20.2 Å². The molecule has 0 saturated carbocycles. The van der Waals surface area contributed by atoms with E-state index in [-0.39, 0.29) is 24.2 Å². The number of rotatable bonds is 7. The van der Waals surface area contributed by atoms with Crippen molar-refractivity contribution in [2.24, 2.45) is 0 Å². The molecule has 1 fully saturated rings. The monoisotopic (exact) mass is 413 g/mol. The van der Waals surface area contributed by atoms with Gasteiger partial charge in [0.25, 0.3) is 0 Å².